The minimum absolute atomic E-state index is 0.506. The normalized spacial score (nSPS) is 26.4. The number of carbonyl (C=O) groups is 1. The molecule has 0 amide bonds. The topological polar surface area (TPSA) is 49.3 Å². The van der Waals surface area contributed by atoms with Crippen molar-refractivity contribution in [2.75, 3.05) is 6.54 Å². The molecule has 1 aliphatic rings. The van der Waals surface area contributed by atoms with Gasteiger partial charge in [-0.3, -0.25) is 4.79 Å². The first kappa shape index (κ1) is 7.28. The van der Waals surface area contributed by atoms with Crippen molar-refractivity contribution < 1.29 is 9.90 Å². The van der Waals surface area contributed by atoms with Gasteiger partial charge in [-0.05, 0) is 25.0 Å². The quantitative estimate of drug-likeness (QED) is 0.519. The Kier molecular flexibility index (Phi) is 2.06. The molecule has 10 heavy (non-hydrogen) atoms. The van der Waals surface area contributed by atoms with Crippen LogP contribution in [0.5, 0.6) is 0 Å². The first-order valence-electron chi connectivity index (χ1n) is 3.35. The molecule has 0 aromatic carbocycles. The Bertz CT molecular complexity index is 165. The molecule has 1 rings (SSSR count). The molecule has 56 valence electrons. The van der Waals surface area contributed by atoms with Gasteiger partial charge < -0.3 is 10.4 Å². The first-order chi connectivity index (χ1) is 4.72. The lowest BCUT2D eigenvalue weighted by Gasteiger charge is -2.21. The van der Waals surface area contributed by atoms with E-state index in [2.05, 4.69) is 11.9 Å². The van der Waals surface area contributed by atoms with Gasteiger partial charge in [-0.1, -0.05) is 6.58 Å². The van der Waals surface area contributed by atoms with Crippen LogP contribution in [0.25, 0.3) is 0 Å². The maximum Gasteiger partial charge on any atom is 0.324 e. The Balaban J connectivity index is 2.56. The van der Waals surface area contributed by atoms with Gasteiger partial charge in [-0.2, -0.15) is 0 Å². The second kappa shape index (κ2) is 2.84. The molecule has 1 aliphatic heterocycles. The van der Waals surface area contributed by atoms with Crippen LogP contribution in [-0.4, -0.2) is 23.7 Å². The van der Waals surface area contributed by atoms with E-state index in [1.54, 1.807) is 0 Å². The highest BCUT2D eigenvalue weighted by molar-refractivity contribution is 5.77. The summed E-state index contributed by atoms with van der Waals surface area (Å²) < 4.78 is 0. The van der Waals surface area contributed by atoms with Gasteiger partial charge in [0.25, 0.3) is 0 Å². The fraction of sp³-hybridized carbons (Fsp3) is 0.571. The molecule has 0 aromatic rings. The molecule has 0 bridgehead atoms. The van der Waals surface area contributed by atoms with Gasteiger partial charge in [-0.25, -0.2) is 0 Å². The summed E-state index contributed by atoms with van der Waals surface area (Å²) >= 11 is 0. The van der Waals surface area contributed by atoms with Crippen molar-refractivity contribution in [3.63, 3.8) is 0 Å². The highest BCUT2D eigenvalue weighted by Crippen LogP contribution is 2.12. The van der Waals surface area contributed by atoms with Crippen LogP contribution in [0, 0.1) is 0 Å². The zero-order valence-corrected chi connectivity index (χ0v) is 5.76. The van der Waals surface area contributed by atoms with E-state index < -0.39 is 12.0 Å². The summed E-state index contributed by atoms with van der Waals surface area (Å²) in [6, 6.07) is -0.506. The summed E-state index contributed by atoms with van der Waals surface area (Å²) in [6.45, 7) is 4.46. The molecule has 0 aliphatic carbocycles. The molecular formula is C7H11NO2. The molecular weight excluding hydrogens is 130 g/mol. The largest absolute Gasteiger partial charge is 0.480 e. The van der Waals surface area contributed by atoms with Crippen molar-refractivity contribution in [2.45, 2.75) is 18.9 Å². The highest BCUT2D eigenvalue weighted by Gasteiger charge is 2.22. The average molecular weight is 141 g/mol. The Morgan fingerprint density at radius 1 is 1.80 bits per heavy atom. The van der Waals surface area contributed by atoms with Gasteiger partial charge in [0.15, 0.2) is 0 Å². The van der Waals surface area contributed by atoms with Gasteiger partial charge >= 0.3 is 5.97 Å². The molecule has 2 N–H and O–H groups in total. The number of aliphatic carboxylic acids is 1. The van der Waals surface area contributed by atoms with E-state index in [1.165, 1.54) is 0 Å². The number of carboxylic acids is 1. The van der Waals surface area contributed by atoms with Gasteiger partial charge in [0.05, 0.1) is 0 Å². The molecule has 0 spiro atoms. The van der Waals surface area contributed by atoms with Crippen LogP contribution < -0.4 is 5.32 Å². The maximum atomic E-state index is 10.4. The van der Waals surface area contributed by atoms with Crippen molar-refractivity contribution in [1.29, 1.82) is 0 Å². The molecule has 0 aromatic heterocycles. The molecule has 3 heteroatoms. The summed E-state index contributed by atoms with van der Waals surface area (Å²) in [4.78, 5) is 10.4. The van der Waals surface area contributed by atoms with E-state index >= 15 is 0 Å². The van der Waals surface area contributed by atoms with E-state index in [4.69, 9.17) is 5.11 Å². The Morgan fingerprint density at radius 2 is 2.50 bits per heavy atom. The molecule has 1 fully saturated rings. The molecule has 1 unspecified atom stereocenters. The lowest BCUT2D eigenvalue weighted by molar-refractivity contribution is -0.138. The molecule has 1 saturated heterocycles. The average Bonchev–Trinajstić information content (AvgIpc) is 1.88. The molecule has 1 atom stereocenters. The Morgan fingerprint density at radius 3 is 2.90 bits per heavy atom. The van der Waals surface area contributed by atoms with E-state index in [-0.39, 0.29) is 0 Å². The summed E-state index contributed by atoms with van der Waals surface area (Å²) in [6.07, 6.45) is 1.84. The Labute approximate surface area is 59.7 Å². The second-order valence-corrected chi connectivity index (χ2v) is 2.49. The summed E-state index contributed by atoms with van der Waals surface area (Å²) in [5, 5.41) is 11.5. The number of nitrogens with one attached hydrogen (secondary N) is 1. The van der Waals surface area contributed by atoms with Crippen LogP contribution in [0.15, 0.2) is 12.2 Å². The maximum absolute atomic E-state index is 10.4. The fourth-order valence-corrected chi connectivity index (χ4v) is 1.11. The van der Waals surface area contributed by atoms with Gasteiger partial charge in [0.1, 0.15) is 6.04 Å². The minimum atomic E-state index is -0.815. The zero-order valence-electron chi connectivity index (χ0n) is 5.76. The van der Waals surface area contributed by atoms with Crippen LogP contribution >= 0.6 is 0 Å². The smallest absolute Gasteiger partial charge is 0.324 e. The standard InChI is InChI=1S/C7H11NO2/c1-5-3-2-4-8-6(5)7(9)10/h6,8H,1-4H2,(H,9,10). The summed E-state index contributed by atoms with van der Waals surface area (Å²) in [5.41, 5.74) is 0.791. The second-order valence-electron chi connectivity index (χ2n) is 2.49. The van der Waals surface area contributed by atoms with E-state index in [1.807, 2.05) is 0 Å². The fourth-order valence-electron chi connectivity index (χ4n) is 1.11. The van der Waals surface area contributed by atoms with Crippen LogP contribution in [0.2, 0.25) is 0 Å². The molecule has 0 saturated carbocycles. The van der Waals surface area contributed by atoms with Crippen molar-refractivity contribution in [3.8, 4) is 0 Å². The molecule has 0 radical (unpaired) electrons. The van der Waals surface area contributed by atoms with Crippen LogP contribution in [0.3, 0.4) is 0 Å². The van der Waals surface area contributed by atoms with E-state index in [9.17, 15) is 4.79 Å². The molecule has 3 nitrogen and oxygen atoms in total. The van der Waals surface area contributed by atoms with Gasteiger partial charge in [-0.15, -0.1) is 0 Å². The highest BCUT2D eigenvalue weighted by atomic mass is 16.4. The van der Waals surface area contributed by atoms with Crippen LogP contribution in [-0.2, 0) is 4.79 Å². The van der Waals surface area contributed by atoms with Crippen molar-refractivity contribution >= 4 is 5.97 Å². The predicted octanol–water partition coefficient (Wildman–Crippen LogP) is 0.379. The number of carboxylic acid groups (broad SMARTS) is 1. The molecule has 1 heterocycles. The number of hydrogen-bond donors (Lipinski definition) is 2. The van der Waals surface area contributed by atoms with Crippen molar-refractivity contribution in [1.82, 2.24) is 5.32 Å². The lowest BCUT2D eigenvalue weighted by atomic mass is 10.00. The van der Waals surface area contributed by atoms with E-state index in [0.717, 1.165) is 25.0 Å². The third-order valence-corrected chi connectivity index (χ3v) is 1.68. The third-order valence-electron chi connectivity index (χ3n) is 1.68. The number of hydrogen-bond acceptors (Lipinski definition) is 2. The Hall–Kier alpha value is -0.830. The minimum Gasteiger partial charge on any atom is -0.480 e. The predicted molar refractivity (Wildman–Crippen MR) is 37.8 cm³/mol. The lowest BCUT2D eigenvalue weighted by Crippen LogP contribution is -2.41. The van der Waals surface area contributed by atoms with Crippen molar-refractivity contribution in [2.24, 2.45) is 0 Å². The van der Waals surface area contributed by atoms with Crippen molar-refractivity contribution in [3.05, 3.63) is 12.2 Å². The SMILES string of the molecule is C=C1CCCNC1C(=O)O. The summed E-state index contributed by atoms with van der Waals surface area (Å²) in [7, 11) is 0. The van der Waals surface area contributed by atoms with Gasteiger partial charge in [0.2, 0.25) is 0 Å². The van der Waals surface area contributed by atoms with Crippen LogP contribution in [0.1, 0.15) is 12.8 Å². The monoisotopic (exact) mass is 141 g/mol. The third kappa shape index (κ3) is 1.36. The van der Waals surface area contributed by atoms with E-state index in [0.29, 0.717) is 0 Å². The number of rotatable bonds is 1. The summed E-state index contributed by atoms with van der Waals surface area (Å²) in [5.74, 6) is -0.815. The number of piperidine rings is 1. The van der Waals surface area contributed by atoms with Gasteiger partial charge in [0, 0.05) is 0 Å². The zero-order chi connectivity index (χ0) is 7.56. The van der Waals surface area contributed by atoms with Crippen LogP contribution in [0.4, 0.5) is 0 Å². The first-order valence-corrected chi connectivity index (χ1v) is 3.35.